The van der Waals surface area contributed by atoms with Crippen LogP contribution in [0, 0.1) is 6.92 Å². The van der Waals surface area contributed by atoms with Crippen molar-refractivity contribution in [3.05, 3.63) is 58.9 Å². The van der Waals surface area contributed by atoms with E-state index < -0.39 is 0 Å². The second-order valence-corrected chi connectivity index (χ2v) is 7.24. The topological polar surface area (TPSA) is 58.2 Å². The van der Waals surface area contributed by atoms with Gasteiger partial charge in [-0.1, -0.05) is 12.1 Å². The number of carbonyl (C=O) groups excluding carboxylic acids is 1. The number of carbonyl (C=O) groups is 1. The number of nitrogens with one attached hydrogen (secondary N) is 1. The fourth-order valence-electron chi connectivity index (χ4n) is 3.73. The van der Waals surface area contributed by atoms with Gasteiger partial charge in [-0.15, -0.1) is 0 Å². The average Bonchev–Trinajstić information content (AvgIpc) is 3.24. The molecule has 1 aliphatic rings. The minimum absolute atomic E-state index is 0.0622. The van der Waals surface area contributed by atoms with Crippen molar-refractivity contribution in [1.82, 2.24) is 14.9 Å². The number of fused-ring (bicyclic) bond motifs is 2. The first-order chi connectivity index (χ1) is 13.0. The molecule has 0 bridgehead atoms. The van der Waals surface area contributed by atoms with Crippen molar-refractivity contribution in [1.29, 1.82) is 0 Å². The van der Waals surface area contributed by atoms with Gasteiger partial charge in [0.2, 0.25) is 0 Å². The number of para-hydroxylation sites is 1. The molecule has 1 unspecified atom stereocenters. The molecule has 140 valence electrons. The average molecular weight is 363 g/mol. The van der Waals surface area contributed by atoms with Crippen molar-refractivity contribution in [3.8, 4) is 5.75 Å². The van der Waals surface area contributed by atoms with E-state index in [2.05, 4.69) is 24.9 Å². The predicted octanol–water partition coefficient (Wildman–Crippen LogP) is 3.90. The van der Waals surface area contributed by atoms with Gasteiger partial charge in [0.25, 0.3) is 5.91 Å². The summed E-state index contributed by atoms with van der Waals surface area (Å²) >= 11 is 0. The Kier molecular flexibility index (Phi) is 4.60. The highest BCUT2D eigenvalue weighted by molar-refractivity contribution is 5.94. The molecule has 27 heavy (non-hydrogen) atoms. The van der Waals surface area contributed by atoms with Gasteiger partial charge in [-0.2, -0.15) is 0 Å². The summed E-state index contributed by atoms with van der Waals surface area (Å²) in [5.41, 5.74) is 5.07. The van der Waals surface area contributed by atoms with Crippen LogP contribution in [0.1, 0.15) is 41.2 Å². The van der Waals surface area contributed by atoms with Crippen molar-refractivity contribution in [2.24, 2.45) is 0 Å². The number of H-pyrrole nitrogens is 1. The van der Waals surface area contributed by atoms with Crippen LogP contribution in [0.5, 0.6) is 5.75 Å². The minimum atomic E-state index is 0.0622. The van der Waals surface area contributed by atoms with Gasteiger partial charge >= 0.3 is 0 Å². The van der Waals surface area contributed by atoms with Gasteiger partial charge in [0, 0.05) is 31.5 Å². The first-order valence-electron chi connectivity index (χ1n) is 9.58. The molecule has 0 radical (unpaired) electrons. The quantitative estimate of drug-likeness (QED) is 0.748. The lowest BCUT2D eigenvalue weighted by atomic mass is 10.1. The van der Waals surface area contributed by atoms with Crippen molar-refractivity contribution in [3.63, 3.8) is 0 Å². The zero-order chi connectivity index (χ0) is 19.0. The Morgan fingerprint density at radius 2 is 2.19 bits per heavy atom. The first kappa shape index (κ1) is 17.6. The zero-order valence-corrected chi connectivity index (χ0v) is 16.1. The van der Waals surface area contributed by atoms with E-state index in [0.717, 1.165) is 45.7 Å². The van der Waals surface area contributed by atoms with Crippen LogP contribution in [0.2, 0.25) is 0 Å². The monoisotopic (exact) mass is 363 g/mol. The summed E-state index contributed by atoms with van der Waals surface area (Å²) in [7, 11) is 0. The number of hydrogen-bond donors (Lipinski definition) is 1. The molecule has 0 aliphatic carbocycles. The van der Waals surface area contributed by atoms with Crippen LogP contribution in [0.15, 0.2) is 36.4 Å². The van der Waals surface area contributed by atoms with Gasteiger partial charge < -0.3 is 14.6 Å². The largest absolute Gasteiger partial charge is 0.490 e. The normalized spacial score (nSPS) is 15.6. The third kappa shape index (κ3) is 3.42. The Bertz CT molecular complexity index is 992. The number of aromatic amines is 1. The van der Waals surface area contributed by atoms with Gasteiger partial charge in [0.15, 0.2) is 0 Å². The Morgan fingerprint density at radius 1 is 1.33 bits per heavy atom. The molecular formula is C22H25N3O2. The molecule has 0 saturated heterocycles. The predicted molar refractivity (Wildman–Crippen MR) is 106 cm³/mol. The number of aromatic nitrogens is 2. The highest BCUT2D eigenvalue weighted by Crippen LogP contribution is 2.29. The van der Waals surface area contributed by atoms with Gasteiger partial charge in [-0.3, -0.25) is 4.79 Å². The second kappa shape index (κ2) is 7.06. The molecule has 0 saturated carbocycles. The van der Waals surface area contributed by atoms with Crippen LogP contribution in [0.25, 0.3) is 11.0 Å². The number of likely N-dealkylation sites (N-methyl/N-ethyl adjacent to an activating group) is 1. The SMILES string of the molecule is CCN(CCc1nc2c(C)cccc2[nH]1)C(=O)c1ccc2c(c1)CC(C)O2. The minimum Gasteiger partial charge on any atom is -0.490 e. The van der Waals surface area contributed by atoms with E-state index in [-0.39, 0.29) is 12.0 Å². The molecule has 1 N–H and O–H groups in total. The molecule has 1 atom stereocenters. The number of ether oxygens (including phenoxy) is 1. The summed E-state index contributed by atoms with van der Waals surface area (Å²) in [4.78, 5) is 22.9. The Labute approximate surface area is 159 Å². The number of aryl methyl sites for hydroxylation is 1. The third-order valence-electron chi connectivity index (χ3n) is 5.19. The second-order valence-electron chi connectivity index (χ2n) is 7.24. The van der Waals surface area contributed by atoms with E-state index >= 15 is 0 Å². The van der Waals surface area contributed by atoms with E-state index in [1.54, 1.807) is 0 Å². The Hall–Kier alpha value is -2.82. The molecule has 0 spiro atoms. The van der Waals surface area contributed by atoms with Gasteiger partial charge in [-0.25, -0.2) is 4.98 Å². The van der Waals surface area contributed by atoms with E-state index in [4.69, 9.17) is 9.72 Å². The molecule has 1 aliphatic heterocycles. The molecule has 0 fully saturated rings. The Morgan fingerprint density at radius 3 is 2.96 bits per heavy atom. The lowest BCUT2D eigenvalue weighted by Gasteiger charge is -2.20. The highest BCUT2D eigenvalue weighted by atomic mass is 16.5. The standard InChI is InChI=1S/C22H25N3O2/c1-4-25(11-10-20-23-18-7-5-6-14(2)21(18)24-20)22(26)16-8-9-19-17(13-16)12-15(3)27-19/h5-9,13,15H,4,10-12H2,1-3H3,(H,23,24). The van der Waals surface area contributed by atoms with E-state index in [1.807, 2.05) is 42.2 Å². The molecule has 5 nitrogen and oxygen atoms in total. The number of imidazole rings is 1. The fraction of sp³-hybridized carbons (Fsp3) is 0.364. The molecule has 4 rings (SSSR count). The summed E-state index contributed by atoms with van der Waals surface area (Å²) in [6.45, 7) is 7.43. The smallest absolute Gasteiger partial charge is 0.253 e. The van der Waals surface area contributed by atoms with E-state index in [0.29, 0.717) is 19.5 Å². The summed E-state index contributed by atoms with van der Waals surface area (Å²) in [6, 6.07) is 11.9. The maximum atomic E-state index is 13.0. The first-order valence-corrected chi connectivity index (χ1v) is 9.58. The van der Waals surface area contributed by atoms with Crippen LogP contribution in [-0.4, -0.2) is 40.0 Å². The van der Waals surface area contributed by atoms with E-state index in [1.165, 1.54) is 0 Å². The summed E-state index contributed by atoms with van der Waals surface area (Å²) in [5, 5.41) is 0. The zero-order valence-electron chi connectivity index (χ0n) is 16.1. The Balaban J connectivity index is 1.47. The molecule has 2 aromatic carbocycles. The highest BCUT2D eigenvalue weighted by Gasteiger charge is 2.22. The van der Waals surface area contributed by atoms with Gasteiger partial charge in [-0.05, 0) is 56.2 Å². The molecule has 2 heterocycles. The number of amides is 1. The van der Waals surface area contributed by atoms with E-state index in [9.17, 15) is 4.79 Å². The van der Waals surface area contributed by atoms with Crippen molar-refractivity contribution in [2.45, 2.75) is 39.7 Å². The summed E-state index contributed by atoms with van der Waals surface area (Å²) in [6.07, 6.45) is 1.75. The van der Waals surface area contributed by atoms with Crippen LogP contribution in [0.4, 0.5) is 0 Å². The maximum Gasteiger partial charge on any atom is 0.253 e. The number of rotatable bonds is 5. The van der Waals surface area contributed by atoms with Crippen molar-refractivity contribution in [2.75, 3.05) is 13.1 Å². The van der Waals surface area contributed by atoms with Crippen LogP contribution >= 0.6 is 0 Å². The molecule has 5 heteroatoms. The lowest BCUT2D eigenvalue weighted by molar-refractivity contribution is 0.0765. The van der Waals surface area contributed by atoms with Gasteiger partial charge in [0.05, 0.1) is 11.0 Å². The number of hydrogen-bond acceptors (Lipinski definition) is 3. The molecule has 1 amide bonds. The van der Waals surface area contributed by atoms with Gasteiger partial charge in [0.1, 0.15) is 17.7 Å². The van der Waals surface area contributed by atoms with Crippen molar-refractivity contribution < 1.29 is 9.53 Å². The molecule has 3 aromatic rings. The lowest BCUT2D eigenvalue weighted by Crippen LogP contribution is -2.33. The van der Waals surface area contributed by atoms with Crippen LogP contribution in [0.3, 0.4) is 0 Å². The van der Waals surface area contributed by atoms with Crippen molar-refractivity contribution >= 4 is 16.9 Å². The number of nitrogens with zero attached hydrogens (tertiary/aromatic N) is 2. The third-order valence-corrected chi connectivity index (χ3v) is 5.19. The van der Waals surface area contributed by atoms with Crippen LogP contribution in [-0.2, 0) is 12.8 Å². The van der Waals surface area contributed by atoms with Crippen LogP contribution < -0.4 is 4.74 Å². The summed E-state index contributed by atoms with van der Waals surface area (Å²) in [5.74, 6) is 1.88. The molecular weight excluding hydrogens is 338 g/mol. The fourth-order valence-corrected chi connectivity index (χ4v) is 3.73. The maximum absolute atomic E-state index is 13.0. The number of benzene rings is 2. The molecule has 1 aromatic heterocycles. The summed E-state index contributed by atoms with van der Waals surface area (Å²) < 4.78 is 5.73.